The summed E-state index contributed by atoms with van der Waals surface area (Å²) in [6.07, 6.45) is 1.22. The lowest BCUT2D eigenvalue weighted by Gasteiger charge is -2.39. The fourth-order valence-corrected chi connectivity index (χ4v) is 2.74. The molecule has 1 aromatic rings. The van der Waals surface area contributed by atoms with Crippen LogP contribution in [0.1, 0.15) is 12.5 Å². The number of morpholine rings is 1. The third kappa shape index (κ3) is 2.35. The second-order valence-corrected chi connectivity index (χ2v) is 5.10. The summed E-state index contributed by atoms with van der Waals surface area (Å²) in [5, 5.41) is 0. The molecule has 3 nitrogen and oxygen atoms in total. The number of hydrogen-bond donors (Lipinski definition) is 0. The Bertz CT molecular complexity index is 438. The monoisotopic (exact) mass is 251 g/mol. The molecular weight excluding hydrogens is 233 g/mol. The first-order valence-electron chi connectivity index (χ1n) is 6.49. The van der Waals surface area contributed by atoms with Crippen LogP contribution in [0.15, 0.2) is 18.2 Å². The lowest BCUT2D eigenvalue weighted by Crippen LogP contribution is -2.50. The lowest BCUT2D eigenvalue weighted by atomic mass is 10.0. The molecule has 1 fully saturated rings. The molecule has 3 rings (SSSR count). The highest BCUT2D eigenvalue weighted by Crippen LogP contribution is 2.27. The van der Waals surface area contributed by atoms with E-state index in [9.17, 15) is 4.39 Å². The Balaban J connectivity index is 1.72. The zero-order valence-electron chi connectivity index (χ0n) is 10.6. The molecule has 0 aromatic heterocycles. The molecule has 1 saturated heterocycles. The van der Waals surface area contributed by atoms with Crippen LogP contribution in [0.25, 0.3) is 0 Å². The fraction of sp³-hybridized carbons (Fsp3) is 0.571. The Kier molecular flexibility index (Phi) is 3.22. The van der Waals surface area contributed by atoms with Crippen LogP contribution in [0.5, 0.6) is 5.75 Å². The summed E-state index contributed by atoms with van der Waals surface area (Å²) < 4.78 is 24.3. The van der Waals surface area contributed by atoms with Gasteiger partial charge in [-0.2, -0.15) is 0 Å². The standard InChI is InChI=1S/C14H18FNO2/c1-10-8-16(4-5-17-10)13-6-11-2-3-12(15)7-14(11)18-9-13/h2-3,7,10,13H,4-6,8-9H2,1H3/t10-,13?/m1/s1. The molecule has 0 radical (unpaired) electrons. The Labute approximate surface area is 106 Å². The summed E-state index contributed by atoms with van der Waals surface area (Å²) in [5.41, 5.74) is 1.10. The average molecular weight is 251 g/mol. The van der Waals surface area contributed by atoms with E-state index in [0.717, 1.165) is 31.7 Å². The lowest BCUT2D eigenvalue weighted by molar-refractivity contribution is -0.0425. The smallest absolute Gasteiger partial charge is 0.126 e. The molecule has 2 aliphatic rings. The van der Waals surface area contributed by atoms with Gasteiger partial charge >= 0.3 is 0 Å². The first kappa shape index (κ1) is 11.9. The minimum atomic E-state index is -0.229. The van der Waals surface area contributed by atoms with Crippen molar-refractivity contribution in [2.45, 2.75) is 25.5 Å². The molecule has 0 saturated carbocycles. The van der Waals surface area contributed by atoms with Crippen molar-refractivity contribution in [3.63, 3.8) is 0 Å². The zero-order chi connectivity index (χ0) is 12.5. The van der Waals surface area contributed by atoms with Crippen molar-refractivity contribution in [1.29, 1.82) is 0 Å². The third-order valence-corrected chi connectivity index (χ3v) is 3.70. The van der Waals surface area contributed by atoms with Crippen LogP contribution in [0.2, 0.25) is 0 Å². The van der Waals surface area contributed by atoms with Crippen LogP contribution in [0.3, 0.4) is 0 Å². The highest BCUT2D eigenvalue weighted by molar-refractivity contribution is 5.36. The van der Waals surface area contributed by atoms with Gasteiger partial charge in [-0.1, -0.05) is 6.07 Å². The molecule has 0 bridgehead atoms. The quantitative estimate of drug-likeness (QED) is 0.760. The van der Waals surface area contributed by atoms with Crippen molar-refractivity contribution >= 4 is 0 Å². The summed E-state index contributed by atoms with van der Waals surface area (Å²) >= 11 is 0. The van der Waals surface area contributed by atoms with Gasteiger partial charge in [0.15, 0.2) is 0 Å². The van der Waals surface area contributed by atoms with Gasteiger partial charge in [-0.25, -0.2) is 4.39 Å². The van der Waals surface area contributed by atoms with Crippen molar-refractivity contribution in [2.75, 3.05) is 26.3 Å². The minimum absolute atomic E-state index is 0.229. The molecular formula is C14H18FNO2. The van der Waals surface area contributed by atoms with Gasteiger partial charge in [-0.05, 0) is 25.0 Å². The number of rotatable bonds is 1. The second kappa shape index (κ2) is 4.86. The molecule has 1 aromatic carbocycles. The highest BCUT2D eigenvalue weighted by atomic mass is 19.1. The van der Waals surface area contributed by atoms with Gasteiger partial charge in [0.1, 0.15) is 18.2 Å². The van der Waals surface area contributed by atoms with E-state index in [4.69, 9.17) is 9.47 Å². The SMILES string of the molecule is C[C@@H]1CN(C2COc3cc(F)ccc3C2)CCO1. The number of benzene rings is 1. The van der Waals surface area contributed by atoms with E-state index in [1.165, 1.54) is 12.1 Å². The summed E-state index contributed by atoms with van der Waals surface area (Å²) in [6.45, 7) is 5.43. The van der Waals surface area contributed by atoms with Gasteiger partial charge in [0, 0.05) is 25.2 Å². The van der Waals surface area contributed by atoms with E-state index in [1.54, 1.807) is 0 Å². The minimum Gasteiger partial charge on any atom is -0.492 e. The molecule has 2 aliphatic heterocycles. The molecule has 0 amide bonds. The largest absolute Gasteiger partial charge is 0.492 e. The molecule has 18 heavy (non-hydrogen) atoms. The molecule has 4 heteroatoms. The summed E-state index contributed by atoms with van der Waals surface area (Å²) in [7, 11) is 0. The molecule has 0 N–H and O–H groups in total. The van der Waals surface area contributed by atoms with Crippen molar-refractivity contribution in [3.8, 4) is 5.75 Å². The van der Waals surface area contributed by atoms with Crippen LogP contribution in [-0.4, -0.2) is 43.3 Å². The average Bonchev–Trinajstić information content (AvgIpc) is 2.38. The van der Waals surface area contributed by atoms with Crippen molar-refractivity contribution in [2.24, 2.45) is 0 Å². The summed E-state index contributed by atoms with van der Waals surface area (Å²) in [5.74, 6) is 0.472. The fourth-order valence-electron chi connectivity index (χ4n) is 2.74. The summed E-state index contributed by atoms with van der Waals surface area (Å²) in [4.78, 5) is 2.42. The van der Waals surface area contributed by atoms with Gasteiger partial charge < -0.3 is 9.47 Å². The van der Waals surface area contributed by atoms with E-state index >= 15 is 0 Å². The third-order valence-electron chi connectivity index (χ3n) is 3.70. The number of ether oxygens (including phenoxy) is 2. The molecule has 2 heterocycles. The maximum Gasteiger partial charge on any atom is 0.126 e. The Morgan fingerprint density at radius 2 is 2.28 bits per heavy atom. The van der Waals surface area contributed by atoms with Gasteiger partial charge in [-0.15, -0.1) is 0 Å². The first-order valence-corrected chi connectivity index (χ1v) is 6.49. The molecule has 0 spiro atoms. The predicted octanol–water partition coefficient (Wildman–Crippen LogP) is 1.85. The number of halogens is 1. The number of nitrogens with zero attached hydrogens (tertiary/aromatic N) is 1. The Morgan fingerprint density at radius 3 is 3.11 bits per heavy atom. The van der Waals surface area contributed by atoms with Gasteiger partial charge in [0.25, 0.3) is 0 Å². The maximum atomic E-state index is 13.1. The topological polar surface area (TPSA) is 21.7 Å². The number of fused-ring (bicyclic) bond motifs is 1. The normalized spacial score (nSPS) is 28.6. The van der Waals surface area contributed by atoms with Crippen molar-refractivity contribution < 1.29 is 13.9 Å². The van der Waals surface area contributed by atoms with Crippen molar-refractivity contribution in [3.05, 3.63) is 29.6 Å². The van der Waals surface area contributed by atoms with E-state index < -0.39 is 0 Å². The predicted molar refractivity (Wildman–Crippen MR) is 66.4 cm³/mol. The summed E-state index contributed by atoms with van der Waals surface area (Å²) in [6, 6.07) is 5.20. The van der Waals surface area contributed by atoms with E-state index in [1.807, 2.05) is 6.07 Å². The Hall–Kier alpha value is -1.13. The zero-order valence-corrected chi connectivity index (χ0v) is 10.6. The first-order chi connectivity index (χ1) is 8.72. The maximum absolute atomic E-state index is 13.1. The van der Waals surface area contributed by atoms with Crippen LogP contribution >= 0.6 is 0 Å². The molecule has 98 valence electrons. The van der Waals surface area contributed by atoms with Crippen molar-refractivity contribution in [1.82, 2.24) is 4.90 Å². The van der Waals surface area contributed by atoms with Gasteiger partial charge in [0.2, 0.25) is 0 Å². The van der Waals surface area contributed by atoms with Gasteiger partial charge in [-0.3, -0.25) is 4.90 Å². The van der Waals surface area contributed by atoms with E-state index in [2.05, 4.69) is 11.8 Å². The van der Waals surface area contributed by atoms with Crippen LogP contribution in [0, 0.1) is 5.82 Å². The van der Waals surface area contributed by atoms with Crippen LogP contribution in [0.4, 0.5) is 4.39 Å². The van der Waals surface area contributed by atoms with E-state index in [-0.39, 0.29) is 11.9 Å². The molecule has 2 atom stereocenters. The molecule has 1 unspecified atom stereocenters. The van der Waals surface area contributed by atoms with E-state index in [0.29, 0.717) is 18.4 Å². The van der Waals surface area contributed by atoms with Crippen LogP contribution < -0.4 is 4.74 Å². The Morgan fingerprint density at radius 1 is 1.39 bits per heavy atom. The van der Waals surface area contributed by atoms with Crippen LogP contribution in [-0.2, 0) is 11.2 Å². The number of hydrogen-bond acceptors (Lipinski definition) is 3. The highest BCUT2D eigenvalue weighted by Gasteiger charge is 2.28. The van der Waals surface area contributed by atoms with Gasteiger partial charge in [0.05, 0.1) is 12.7 Å². The molecule has 0 aliphatic carbocycles. The second-order valence-electron chi connectivity index (χ2n) is 5.10.